The highest BCUT2D eigenvalue weighted by atomic mass is 32.2. The van der Waals surface area contributed by atoms with Crippen molar-refractivity contribution in [3.05, 3.63) is 16.5 Å². The fourth-order valence-electron chi connectivity index (χ4n) is 2.03. The normalized spacial score (nSPS) is 17.0. The summed E-state index contributed by atoms with van der Waals surface area (Å²) in [5, 5.41) is 8.97. The summed E-state index contributed by atoms with van der Waals surface area (Å²) in [4.78, 5) is 13.1. The van der Waals surface area contributed by atoms with Crippen molar-refractivity contribution in [1.82, 2.24) is 9.62 Å². The first-order valence-electron chi connectivity index (χ1n) is 6.53. The third-order valence-electron chi connectivity index (χ3n) is 3.18. The third kappa shape index (κ3) is 4.24. The molecule has 0 atom stereocenters. The lowest BCUT2D eigenvalue weighted by Gasteiger charge is -2.26. The Morgan fingerprint density at radius 3 is 2.71 bits per heavy atom. The number of morpholine rings is 1. The quantitative estimate of drug-likeness (QED) is 0.780. The Balaban J connectivity index is 1.95. The van der Waals surface area contributed by atoms with Gasteiger partial charge in [0.05, 0.1) is 13.2 Å². The van der Waals surface area contributed by atoms with Gasteiger partial charge in [-0.1, -0.05) is 0 Å². The molecule has 0 amide bonds. The molecule has 2 N–H and O–H groups in total. The van der Waals surface area contributed by atoms with Gasteiger partial charge in [-0.05, 0) is 18.6 Å². The van der Waals surface area contributed by atoms with E-state index in [9.17, 15) is 13.2 Å². The average Bonchev–Trinajstić information content (AvgIpc) is 2.83. The van der Waals surface area contributed by atoms with E-state index in [1.807, 2.05) is 0 Å². The van der Waals surface area contributed by atoms with Crippen molar-refractivity contribution in [1.29, 1.82) is 0 Å². The number of carbonyl (C=O) groups is 1. The zero-order chi connectivity index (χ0) is 15.5. The lowest BCUT2D eigenvalue weighted by molar-refractivity contribution is 0.0390. The summed E-state index contributed by atoms with van der Waals surface area (Å²) in [5.74, 6) is -1.10. The molecule has 2 heterocycles. The molecule has 0 aromatic carbocycles. The van der Waals surface area contributed by atoms with Gasteiger partial charge in [-0.25, -0.2) is 17.9 Å². The molecular weight excluding hydrogens is 316 g/mol. The van der Waals surface area contributed by atoms with Crippen LogP contribution in [0.3, 0.4) is 0 Å². The predicted octanol–water partition coefficient (Wildman–Crippen LogP) is 0.365. The summed E-state index contributed by atoms with van der Waals surface area (Å²) >= 11 is 0.777. The fourth-order valence-corrected chi connectivity index (χ4v) is 4.48. The number of aromatic carboxylic acids is 1. The summed E-state index contributed by atoms with van der Waals surface area (Å²) in [6.45, 7) is 5.41. The third-order valence-corrected chi connectivity index (χ3v) is 6.34. The van der Waals surface area contributed by atoms with E-state index in [1.165, 1.54) is 6.07 Å². The largest absolute Gasteiger partial charge is 0.477 e. The Morgan fingerprint density at radius 2 is 2.14 bits per heavy atom. The standard InChI is InChI=1S/C12H18N2O5S2/c1-9-8-10(20-11(9)12(15)16)21(17,18)13-2-3-14-4-6-19-7-5-14/h8,13H,2-7H2,1H3,(H,15,16). The highest BCUT2D eigenvalue weighted by Crippen LogP contribution is 2.25. The van der Waals surface area contributed by atoms with Crippen LogP contribution in [0, 0.1) is 6.92 Å². The number of thiophene rings is 1. The minimum atomic E-state index is -3.65. The number of carboxylic acids is 1. The van der Waals surface area contributed by atoms with Gasteiger partial charge in [0.25, 0.3) is 0 Å². The SMILES string of the molecule is Cc1cc(S(=O)(=O)NCCN2CCOCC2)sc1C(=O)O. The molecule has 1 fully saturated rings. The van der Waals surface area contributed by atoms with Gasteiger partial charge < -0.3 is 9.84 Å². The van der Waals surface area contributed by atoms with Gasteiger partial charge in [-0.2, -0.15) is 0 Å². The van der Waals surface area contributed by atoms with Crippen molar-refractivity contribution in [2.45, 2.75) is 11.1 Å². The van der Waals surface area contributed by atoms with Crippen LogP contribution in [0.4, 0.5) is 0 Å². The molecule has 118 valence electrons. The zero-order valence-corrected chi connectivity index (χ0v) is 13.3. The summed E-state index contributed by atoms with van der Waals surface area (Å²) in [7, 11) is -3.65. The summed E-state index contributed by atoms with van der Waals surface area (Å²) in [5.41, 5.74) is 0.459. The Labute approximate surface area is 127 Å². The van der Waals surface area contributed by atoms with Crippen LogP contribution in [0.1, 0.15) is 15.2 Å². The Bertz CT molecular complexity index is 605. The maximum absolute atomic E-state index is 12.1. The molecule has 1 aliphatic heterocycles. The number of nitrogens with one attached hydrogen (secondary N) is 1. The van der Waals surface area contributed by atoms with Gasteiger partial charge in [-0.3, -0.25) is 4.90 Å². The van der Waals surface area contributed by atoms with Crippen molar-refractivity contribution in [3.63, 3.8) is 0 Å². The monoisotopic (exact) mass is 334 g/mol. The second-order valence-corrected chi connectivity index (χ2v) is 7.78. The van der Waals surface area contributed by atoms with Crippen LogP contribution in [-0.4, -0.2) is 63.8 Å². The molecular formula is C12H18N2O5S2. The molecule has 2 rings (SSSR count). The topological polar surface area (TPSA) is 95.9 Å². The van der Waals surface area contributed by atoms with Crippen LogP contribution in [0.2, 0.25) is 0 Å². The van der Waals surface area contributed by atoms with E-state index >= 15 is 0 Å². The molecule has 0 aliphatic carbocycles. The molecule has 0 spiro atoms. The van der Waals surface area contributed by atoms with Crippen molar-refractivity contribution in [3.8, 4) is 0 Å². The van der Waals surface area contributed by atoms with Gasteiger partial charge in [-0.15, -0.1) is 11.3 Å². The molecule has 0 saturated carbocycles. The highest BCUT2D eigenvalue weighted by molar-refractivity contribution is 7.91. The van der Waals surface area contributed by atoms with Crippen LogP contribution in [0.25, 0.3) is 0 Å². The second kappa shape index (κ2) is 6.84. The Hall–Kier alpha value is -1.00. The minimum Gasteiger partial charge on any atom is -0.477 e. The lowest BCUT2D eigenvalue weighted by Crippen LogP contribution is -2.41. The molecule has 9 heteroatoms. The number of carboxylic acid groups (broad SMARTS) is 1. The van der Waals surface area contributed by atoms with E-state index in [4.69, 9.17) is 9.84 Å². The van der Waals surface area contributed by atoms with Crippen LogP contribution in [0.15, 0.2) is 10.3 Å². The van der Waals surface area contributed by atoms with Crippen molar-refractivity contribution < 1.29 is 23.1 Å². The van der Waals surface area contributed by atoms with Crippen LogP contribution in [0.5, 0.6) is 0 Å². The number of aryl methyl sites for hydroxylation is 1. The van der Waals surface area contributed by atoms with E-state index in [1.54, 1.807) is 6.92 Å². The minimum absolute atomic E-state index is 0.0411. The molecule has 1 aromatic heterocycles. The van der Waals surface area contributed by atoms with Gasteiger partial charge in [0.15, 0.2) is 0 Å². The zero-order valence-electron chi connectivity index (χ0n) is 11.7. The molecule has 1 aliphatic rings. The summed E-state index contributed by atoms with van der Waals surface area (Å²) in [6.07, 6.45) is 0. The van der Waals surface area contributed by atoms with Crippen molar-refractivity contribution in [2.24, 2.45) is 0 Å². The maximum atomic E-state index is 12.1. The lowest BCUT2D eigenvalue weighted by atomic mass is 10.3. The van der Waals surface area contributed by atoms with Crippen LogP contribution >= 0.6 is 11.3 Å². The van der Waals surface area contributed by atoms with E-state index < -0.39 is 16.0 Å². The summed E-state index contributed by atoms with van der Waals surface area (Å²) in [6, 6.07) is 1.39. The van der Waals surface area contributed by atoms with Crippen LogP contribution in [-0.2, 0) is 14.8 Å². The maximum Gasteiger partial charge on any atom is 0.346 e. The first-order valence-corrected chi connectivity index (χ1v) is 8.83. The number of hydrogen-bond acceptors (Lipinski definition) is 6. The van der Waals surface area contributed by atoms with Crippen molar-refractivity contribution in [2.75, 3.05) is 39.4 Å². The number of ether oxygens (including phenoxy) is 1. The van der Waals surface area contributed by atoms with E-state index in [-0.39, 0.29) is 9.09 Å². The molecule has 0 bridgehead atoms. The predicted molar refractivity (Wildman–Crippen MR) is 78.5 cm³/mol. The Morgan fingerprint density at radius 1 is 1.48 bits per heavy atom. The first kappa shape index (κ1) is 16.4. The highest BCUT2D eigenvalue weighted by Gasteiger charge is 2.21. The Kier molecular flexibility index (Phi) is 5.33. The number of sulfonamides is 1. The number of hydrogen-bond donors (Lipinski definition) is 2. The van der Waals surface area contributed by atoms with Crippen molar-refractivity contribution >= 4 is 27.3 Å². The number of rotatable bonds is 6. The van der Waals surface area contributed by atoms with Gasteiger partial charge in [0.2, 0.25) is 10.0 Å². The molecule has 0 unspecified atom stereocenters. The van der Waals surface area contributed by atoms with Gasteiger partial charge in [0.1, 0.15) is 9.09 Å². The van der Waals surface area contributed by atoms with Gasteiger partial charge in [0, 0.05) is 26.2 Å². The number of nitrogens with zero attached hydrogens (tertiary/aromatic N) is 1. The smallest absolute Gasteiger partial charge is 0.346 e. The summed E-state index contributed by atoms with van der Waals surface area (Å²) < 4.78 is 32.0. The van der Waals surface area contributed by atoms with E-state index in [2.05, 4.69) is 9.62 Å². The first-order chi connectivity index (χ1) is 9.90. The van der Waals surface area contributed by atoms with Crippen LogP contribution < -0.4 is 4.72 Å². The molecule has 1 saturated heterocycles. The molecule has 0 radical (unpaired) electrons. The second-order valence-electron chi connectivity index (χ2n) is 4.73. The molecule has 21 heavy (non-hydrogen) atoms. The molecule has 7 nitrogen and oxygen atoms in total. The average molecular weight is 334 g/mol. The van der Waals surface area contributed by atoms with Gasteiger partial charge >= 0.3 is 5.97 Å². The fraction of sp³-hybridized carbons (Fsp3) is 0.583. The van der Waals surface area contributed by atoms with E-state index in [0.29, 0.717) is 31.9 Å². The molecule has 1 aromatic rings. The van der Waals surface area contributed by atoms with E-state index in [0.717, 1.165) is 24.4 Å².